The molecule has 0 aliphatic carbocycles. The highest BCUT2D eigenvalue weighted by Gasteiger charge is 2.23. The van der Waals surface area contributed by atoms with Crippen LogP contribution >= 0.6 is 0 Å². The fraction of sp³-hybridized carbons (Fsp3) is 1.00. The van der Waals surface area contributed by atoms with Crippen LogP contribution < -0.4 is 5.73 Å². The first-order chi connectivity index (χ1) is 6.59. The van der Waals surface area contributed by atoms with E-state index in [1.54, 1.807) is 0 Å². The molecule has 2 unspecified atom stereocenters. The summed E-state index contributed by atoms with van der Waals surface area (Å²) in [5.41, 5.74) is 6.13. The summed E-state index contributed by atoms with van der Waals surface area (Å²) in [6.07, 6.45) is 1.14. The second kappa shape index (κ2) is 5.69. The van der Waals surface area contributed by atoms with E-state index in [2.05, 4.69) is 25.8 Å². The third kappa shape index (κ3) is 3.95. The summed E-state index contributed by atoms with van der Waals surface area (Å²) in [6.45, 7) is 8.35. The van der Waals surface area contributed by atoms with Gasteiger partial charge in [-0.2, -0.15) is 0 Å². The van der Waals surface area contributed by atoms with Crippen molar-refractivity contribution in [2.45, 2.75) is 26.3 Å². The number of hydrogen-bond donors (Lipinski definition) is 1. The summed E-state index contributed by atoms with van der Waals surface area (Å²) in [5, 5.41) is 0. The average molecular weight is 200 g/mol. The molecule has 1 aliphatic rings. The van der Waals surface area contributed by atoms with Gasteiger partial charge in [0.25, 0.3) is 0 Å². The molecule has 0 saturated carbocycles. The van der Waals surface area contributed by atoms with Crippen LogP contribution in [0.2, 0.25) is 0 Å². The van der Waals surface area contributed by atoms with E-state index in [4.69, 9.17) is 10.5 Å². The number of rotatable bonds is 5. The Labute approximate surface area is 87.6 Å². The molecule has 0 spiro atoms. The van der Waals surface area contributed by atoms with Crippen LogP contribution in [-0.2, 0) is 4.74 Å². The number of nitrogens with two attached hydrogens (primary N) is 1. The van der Waals surface area contributed by atoms with Gasteiger partial charge >= 0.3 is 0 Å². The number of likely N-dealkylation sites (N-methyl/N-ethyl adjacent to an activating group) is 1. The number of ether oxygens (including phenoxy) is 1. The summed E-state index contributed by atoms with van der Waals surface area (Å²) in [7, 11) is 2.15. The van der Waals surface area contributed by atoms with Gasteiger partial charge in [-0.1, -0.05) is 13.8 Å². The van der Waals surface area contributed by atoms with Crippen LogP contribution in [0.5, 0.6) is 0 Å². The molecule has 14 heavy (non-hydrogen) atoms. The Bertz CT molecular complexity index is 155. The van der Waals surface area contributed by atoms with Crippen LogP contribution in [0.1, 0.15) is 20.3 Å². The van der Waals surface area contributed by atoms with E-state index in [1.165, 1.54) is 0 Å². The molecule has 3 nitrogen and oxygen atoms in total. The maximum atomic E-state index is 6.13. The lowest BCUT2D eigenvalue weighted by atomic mass is 9.99. The van der Waals surface area contributed by atoms with Crippen molar-refractivity contribution in [3.05, 3.63) is 0 Å². The zero-order chi connectivity index (χ0) is 10.6. The minimum absolute atomic E-state index is 0.279. The lowest BCUT2D eigenvalue weighted by Gasteiger charge is -2.25. The van der Waals surface area contributed by atoms with Crippen molar-refractivity contribution < 1.29 is 4.74 Å². The molecular formula is C11H24N2O. The normalized spacial score (nSPS) is 24.9. The molecule has 1 heterocycles. The first kappa shape index (κ1) is 12.0. The summed E-state index contributed by atoms with van der Waals surface area (Å²) in [6, 6.07) is 0.279. The Morgan fingerprint density at radius 2 is 2.14 bits per heavy atom. The van der Waals surface area contributed by atoms with Crippen molar-refractivity contribution in [2.24, 2.45) is 17.6 Å². The lowest BCUT2D eigenvalue weighted by Crippen LogP contribution is -2.42. The topological polar surface area (TPSA) is 38.5 Å². The predicted molar refractivity (Wildman–Crippen MR) is 59.2 cm³/mol. The molecule has 0 bridgehead atoms. The molecule has 0 aromatic carbocycles. The van der Waals surface area contributed by atoms with Gasteiger partial charge in [-0.3, -0.25) is 0 Å². The van der Waals surface area contributed by atoms with Gasteiger partial charge in [0.2, 0.25) is 0 Å². The molecule has 0 aromatic heterocycles. The van der Waals surface area contributed by atoms with E-state index in [1.807, 2.05) is 0 Å². The quantitative estimate of drug-likeness (QED) is 0.718. The molecule has 84 valence electrons. The highest BCUT2D eigenvalue weighted by molar-refractivity contribution is 4.78. The first-order valence-corrected chi connectivity index (χ1v) is 5.61. The van der Waals surface area contributed by atoms with Crippen molar-refractivity contribution in [3.8, 4) is 0 Å². The van der Waals surface area contributed by atoms with Crippen LogP contribution in [0.25, 0.3) is 0 Å². The van der Waals surface area contributed by atoms with Gasteiger partial charge in [0.05, 0.1) is 6.61 Å². The van der Waals surface area contributed by atoms with Gasteiger partial charge in [-0.05, 0) is 19.4 Å². The largest absolute Gasteiger partial charge is 0.381 e. The second-order valence-electron chi connectivity index (χ2n) is 4.90. The second-order valence-corrected chi connectivity index (χ2v) is 4.90. The third-order valence-corrected chi connectivity index (χ3v) is 2.77. The molecule has 2 N–H and O–H groups in total. The fourth-order valence-corrected chi connectivity index (χ4v) is 2.10. The maximum Gasteiger partial charge on any atom is 0.0510 e. The number of nitrogens with zero attached hydrogens (tertiary/aromatic N) is 1. The molecule has 1 aliphatic heterocycles. The van der Waals surface area contributed by atoms with Gasteiger partial charge in [-0.25, -0.2) is 0 Å². The fourth-order valence-electron chi connectivity index (χ4n) is 2.10. The van der Waals surface area contributed by atoms with Crippen molar-refractivity contribution in [1.29, 1.82) is 0 Å². The molecule has 0 amide bonds. The van der Waals surface area contributed by atoms with E-state index in [9.17, 15) is 0 Å². The molecule has 0 radical (unpaired) electrons. The van der Waals surface area contributed by atoms with Gasteiger partial charge in [0.15, 0.2) is 0 Å². The lowest BCUT2D eigenvalue weighted by molar-refractivity contribution is 0.172. The highest BCUT2D eigenvalue weighted by atomic mass is 16.5. The zero-order valence-electron chi connectivity index (χ0n) is 9.70. The zero-order valence-corrected chi connectivity index (χ0v) is 9.70. The standard InChI is InChI=1S/C11H24N2O/c1-9(2)6-13(3)7-11(12)10-4-5-14-8-10/h9-11H,4-8,12H2,1-3H3. The first-order valence-electron chi connectivity index (χ1n) is 5.61. The van der Waals surface area contributed by atoms with E-state index in [-0.39, 0.29) is 6.04 Å². The molecule has 1 saturated heterocycles. The minimum atomic E-state index is 0.279. The van der Waals surface area contributed by atoms with Crippen LogP contribution in [0.4, 0.5) is 0 Å². The summed E-state index contributed by atoms with van der Waals surface area (Å²) >= 11 is 0. The van der Waals surface area contributed by atoms with Gasteiger partial charge in [-0.15, -0.1) is 0 Å². The Hall–Kier alpha value is -0.120. The van der Waals surface area contributed by atoms with Gasteiger partial charge in [0, 0.05) is 31.7 Å². The highest BCUT2D eigenvalue weighted by Crippen LogP contribution is 2.15. The van der Waals surface area contributed by atoms with E-state index in [0.29, 0.717) is 11.8 Å². The Morgan fingerprint density at radius 3 is 2.64 bits per heavy atom. The van der Waals surface area contributed by atoms with Crippen molar-refractivity contribution in [3.63, 3.8) is 0 Å². The van der Waals surface area contributed by atoms with Crippen LogP contribution in [0.15, 0.2) is 0 Å². The Balaban J connectivity index is 2.21. The molecule has 0 aromatic rings. The smallest absolute Gasteiger partial charge is 0.0510 e. The maximum absolute atomic E-state index is 6.13. The molecular weight excluding hydrogens is 176 g/mol. The van der Waals surface area contributed by atoms with Gasteiger partial charge < -0.3 is 15.4 Å². The van der Waals surface area contributed by atoms with Crippen molar-refractivity contribution >= 4 is 0 Å². The summed E-state index contributed by atoms with van der Waals surface area (Å²) in [5.74, 6) is 1.29. The molecule has 1 rings (SSSR count). The average Bonchev–Trinajstić information content (AvgIpc) is 2.53. The van der Waals surface area contributed by atoms with E-state index < -0.39 is 0 Å². The number of hydrogen-bond acceptors (Lipinski definition) is 3. The third-order valence-electron chi connectivity index (χ3n) is 2.77. The van der Waals surface area contributed by atoms with Crippen molar-refractivity contribution in [2.75, 3.05) is 33.4 Å². The molecule has 3 heteroatoms. The van der Waals surface area contributed by atoms with Crippen LogP contribution in [0.3, 0.4) is 0 Å². The van der Waals surface area contributed by atoms with E-state index in [0.717, 1.165) is 32.7 Å². The van der Waals surface area contributed by atoms with Crippen LogP contribution in [-0.4, -0.2) is 44.3 Å². The molecule has 2 atom stereocenters. The van der Waals surface area contributed by atoms with Gasteiger partial charge in [0.1, 0.15) is 0 Å². The predicted octanol–water partition coefficient (Wildman–Crippen LogP) is 0.938. The minimum Gasteiger partial charge on any atom is -0.381 e. The van der Waals surface area contributed by atoms with E-state index >= 15 is 0 Å². The Kier molecular flexibility index (Phi) is 4.85. The summed E-state index contributed by atoms with van der Waals surface area (Å²) in [4.78, 5) is 2.33. The SMILES string of the molecule is CC(C)CN(C)CC(N)C1CCOC1. The van der Waals surface area contributed by atoms with Crippen molar-refractivity contribution in [1.82, 2.24) is 4.90 Å². The van der Waals surface area contributed by atoms with Crippen LogP contribution in [0, 0.1) is 11.8 Å². The summed E-state index contributed by atoms with van der Waals surface area (Å²) < 4.78 is 5.34. The Morgan fingerprint density at radius 1 is 1.43 bits per heavy atom. The molecule has 1 fully saturated rings. The monoisotopic (exact) mass is 200 g/mol.